The van der Waals surface area contributed by atoms with Crippen LogP contribution in [0.1, 0.15) is 18.2 Å². The van der Waals surface area contributed by atoms with Crippen LogP contribution < -0.4 is 5.56 Å². The minimum Gasteiger partial charge on any atom is -0.493 e. The van der Waals surface area contributed by atoms with Crippen LogP contribution in [0.5, 0.6) is 5.88 Å². The summed E-state index contributed by atoms with van der Waals surface area (Å²) < 4.78 is 0.133. The van der Waals surface area contributed by atoms with E-state index in [1.807, 2.05) is 25.1 Å². The van der Waals surface area contributed by atoms with Gasteiger partial charge in [-0.05, 0) is 36.3 Å². The molecule has 3 aromatic rings. The van der Waals surface area contributed by atoms with Gasteiger partial charge in [-0.3, -0.25) is 14.6 Å². The molecule has 0 fully saturated rings. The molecule has 0 spiro atoms. The molecule has 2 aromatic heterocycles. The number of benzene rings is 1. The summed E-state index contributed by atoms with van der Waals surface area (Å²) in [7, 11) is 0. The minimum atomic E-state index is -0.573. The van der Waals surface area contributed by atoms with Gasteiger partial charge in [0.1, 0.15) is 0 Å². The van der Waals surface area contributed by atoms with Gasteiger partial charge in [-0.1, -0.05) is 13.0 Å². The first-order chi connectivity index (χ1) is 12.0. The average Bonchev–Trinajstić information content (AvgIpc) is 2.86. The Balaban J connectivity index is 1.87. The summed E-state index contributed by atoms with van der Waals surface area (Å²) in [6.07, 6.45) is 0.680. The second kappa shape index (κ2) is 6.81. The molecule has 4 N–H and O–H groups in total. The topological polar surface area (TPSA) is 126 Å². The number of hydrogen-bond acceptors (Lipinski definition) is 5. The van der Waals surface area contributed by atoms with Crippen molar-refractivity contribution in [3.05, 3.63) is 50.6 Å². The molecule has 0 saturated heterocycles. The third kappa shape index (κ3) is 3.72. The van der Waals surface area contributed by atoms with Gasteiger partial charge in [0.15, 0.2) is 10.5 Å². The summed E-state index contributed by atoms with van der Waals surface area (Å²) in [6.45, 7) is 2.02. The molecule has 0 unspecified atom stereocenters. The zero-order valence-corrected chi connectivity index (χ0v) is 14.1. The van der Waals surface area contributed by atoms with Gasteiger partial charge < -0.3 is 15.1 Å². The lowest BCUT2D eigenvalue weighted by molar-refractivity contribution is -0.117. The first-order valence-electron chi connectivity index (χ1n) is 7.57. The van der Waals surface area contributed by atoms with Crippen LogP contribution in [0.3, 0.4) is 0 Å². The maximum absolute atomic E-state index is 12.0. The van der Waals surface area contributed by atoms with Crippen molar-refractivity contribution in [3.8, 4) is 5.88 Å². The highest BCUT2D eigenvalue weighted by Crippen LogP contribution is 2.36. The third-order valence-electron chi connectivity index (χ3n) is 3.64. The predicted octanol–water partition coefficient (Wildman–Crippen LogP) is 3.03. The van der Waals surface area contributed by atoms with Gasteiger partial charge in [-0.15, -0.1) is 10.2 Å². The van der Waals surface area contributed by atoms with Gasteiger partial charge in [-0.2, -0.15) is 0 Å². The predicted molar refractivity (Wildman–Crippen MR) is 94.8 cm³/mol. The number of carbonyl (C=O) groups is 1. The van der Waals surface area contributed by atoms with E-state index in [4.69, 9.17) is 12.2 Å². The Kier molecular flexibility index (Phi) is 4.57. The quantitative estimate of drug-likeness (QED) is 0.423. The van der Waals surface area contributed by atoms with Crippen molar-refractivity contribution in [2.75, 3.05) is 0 Å². The summed E-state index contributed by atoms with van der Waals surface area (Å²) in [5.74, 6) is -0.730. The summed E-state index contributed by atoms with van der Waals surface area (Å²) >= 11 is 4.85. The number of aromatic hydroxyl groups is 1. The fourth-order valence-electron chi connectivity index (χ4n) is 2.45. The number of aromatic nitrogens is 3. The van der Waals surface area contributed by atoms with Crippen molar-refractivity contribution in [1.82, 2.24) is 15.0 Å². The Morgan fingerprint density at radius 1 is 1.24 bits per heavy atom. The zero-order chi connectivity index (χ0) is 18.0. The number of nitrogens with one attached hydrogen (secondary N) is 3. The van der Waals surface area contributed by atoms with Crippen LogP contribution in [-0.2, 0) is 17.6 Å². The van der Waals surface area contributed by atoms with Crippen molar-refractivity contribution in [2.45, 2.75) is 19.8 Å². The number of hydrogen-bond donors (Lipinski definition) is 4. The zero-order valence-electron chi connectivity index (χ0n) is 13.3. The molecule has 2 heterocycles. The van der Waals surface area contributed by atoms with E-state index in [9.17, 15) is 14.7 Å². The van der Waals surface area contributed by atoms with Gasteiger partial charge >= 0.3 is 0 Å². The monoisotopic (exact) mass is 357 g/mol. The molecule has 9 heteroatoms. The molecule has 25 heavy (non-hydrogen) atoms. The Hall–Kier alpha value is -3.07. The van der Waals surface area contributed by atoms with Crippen molar-refractivity contribution in [1.29, 1.82) is 0 Å². The van der Waals surface area contributed by atoms with Crippen LogP contribution in [0.15, 0.2) is 39.3 Å². The number of azo groups is 1. The molecule has 0 atom stereocenters. The molecule has 0 saturated carbocycles. The molecule has 0 aliphatic rings. The van der Waals surface area contributed by atoms with E-state index in [0.29, 0.717) is 16.6 Å². The highest BCUT2D eigenvalue weighted by molar-refractivity contribution is 7.71. The van der Waals surface area contributed by atoms with E-state index in [0.717, 1.165) is 12.0 Å². The molecule has 0 aliphatic heterocycles. The fraction of sp³-hybridized carbons (Fsp3) is 0.188. The Bertz CT molecular complexity index is 1060. The van der Waals surface area contributed by atoms with E-state index in [-0.39, 0.29) is 22.8 Å². The van der Waals surface area contributed by atoms with Gasteiger partial charge in [0.25, 0.3) is 11.5 Å². The summed E-state index contributed by atoms with van der Waals surface area (Å²) in [5, 5.41) is 18.2. The molecule has 3 rings (SSSR count). The number of H-pyrrole nitrogens is 3. The lowest BCUT2D eigenvalue weighted by atomic mass is 10.1. The van der Waals surface area contributed by atoms with Crippen LogP contribution in [0, 0.1) is 4.77 Å². The highest BCUT2D eigenvalue weighted by atomic mass is 32.1. The molecular weight excluding hydrogens is 342 g/mol. The first-order valence-corrected chi connectivity index (χ1v) is 7.97. The van der Waals surface area contributed by atoms with Crippen LogP contribution in [0.4, 0.5) is 5.69 Å². The number of fused-ring (bicyclic) bond motifs is 1. The molecule has 1 aromatic carbocycles. The summed E-state index contributed by atoms with van der Waals surface area (Å²) in [5.41, 5.74) is 1.93. The number of amides is 1. The molecule has 0 aliphatic carbocycles. The molecule has 8 nitrogen and oxygen atoms in total. The highest BCUT2D eigenvalue weighted by Gasteiger charge is 2.12. The largest absolute Gasteiger partial charge is 0.493 e. The van der Waals surface area contributed by atoms with Crippen LogP contribution in [-0.4, -0.2) is 26.0 Å². The standard InChI is InChI=1S/C16H15N5O3S/c1-2-8-3-4-11-10(5-8)14(15(24)18-11)21-20-13(23)7-9-6-12(22)19-16(25)17-9/h3-6,18,24H,2,7H2,1H3,(H2,17,19,22,25). The maximum Gasteiger partial charge on any atom is 0.270 e. The molecule has 0 bridgehead atoms. The van der Waals surface area contributed by atoms with E-state index >= 15 is 0 Å². The minimum absolute atomic E-state index is 0.133. The van der Waals surface area contributed by atoms with Gasteiger partial charge in [0.2, 0.25) is 5.88 Å². The summed E-state index contributed by atoms with van der Waals surface area (Å²) in [4.78, 5) is 31.2. The fourth-order valence-corrected chi connectivity index (χ4v) is 2.68. The van der Waals surface area contributed by atoms with Crippen LogP contribution in [0.2, 0.25) is 0 Å². The van der Waals surface area contributed by atoms with Crippen LogP contribution in [0.25, 0.3) is 10.9 Å². The van der Waals surface area contributed by atoms with Gasteiger partial charge in [-0.25, -0.2) is 0 Å². The third-order valence-corrected chi connectivity index (χ3v) is 3.85. The van der Waals surface area contributed by atoms with E-state index < -0.39 is 11.5 Å². The van der Waals surface area contributed by atoms with Crippen molar-refractivity contribution in [2.24, 2.45) is 10.2 Å². The Labute approximate surface area is 146 Å². The first kappa shape index (κ1) is 16.8. The Morgan fingerprint density at radius 3 is 2.76 bits per heavy atom. The number of rotatable bonds is 4. The van der Waals surface area contributed by atoms with Crippen molar-refractivity contribution < 1.29 is 9.90 Å². The maximum atomic E-state index is 12.0. The van der Waals surface area contributed by atoms with Crippen LogP contribution >= 0.6 is 12.2 Å². The van der Waals surface area contributed by atoms with E-state index in [1.54, 1.807) is 0 Å². The second-order valence-corrected chi connectivity index (χ2v) is 5.85. The average molecular weight is 357 g/mol. The molecular formula is C16H15N5O3S. The summed E-state index contributed by atoms with van der Waals surface area (Å²) in [6, 6.07) is 6.91. The number of nitrogens with zero attached hydrogens (tertiary/aromatic N) is 2. The lowest BCUT2D eigenvalue weighted by Gasteiger charge is -1.98. The number of aryl methyl sites for hydroxylation is 1. The Morgan fingerprint density at radius 2 is 2.04 bits per heavy atom. The van der Waals surface area contributed by atoms with Crippen molar-refractivity contribution >= 4 is 34.7 Å². The molecule has 1 amide bonds. The second-order valence-electron chi connectivity index (χ2n) is 5.44. The molecule has 128 valence electrons. The smallest absolute Gasteiger partial charge is 0.270 e. The van der Waals surface area contributed by atoms with Gasteiger partial charge in [0.05, 0.1) is 11.9 Å². The van der Waals surface area contributed by atoms with E-state index in [2.05, 4.69) is 25.2 Å². The number of aromatic amines is 3. The normalized spacial score (nSPS) is 11.4. The molecule has 0 radical (unpaired) electrons. The van der Waals surface area contributed by atoms with E-state index in [1.165, 1.54) is 6.07 Å². The van der Waals surface area contributed by atoms with Crippen molar-refractivity contribution in [3.63, 3.8) is 0 Å². The number of carbonyl (C=O) groups excluding carboxylic acids is 1. The van der Waals surface area contributed by atoms with Gasteiger partial charge in [0, 0.05) is 17.1 Å². The lowest BCUT2D eigenvalue weighted by Crippen LogP contribution is -2.10. The SMILES string of the molecule is CCc1ccc2[nH]c(O)c(N=NC(=O)Cc3cc(=O)[nH]c(=S)[nH]3)c2c1.